The summed E-state index contributed by atoms with van der Waals surface area (Å²) in [6.07, 6.45) is 3.25. The van der Waals surface area contributed by atoms with Crippen LogP contribution in [-0.2, 0) is 16.6 Å². The van der Waals surface area contributed by atoms with Crippen molar-refractivity contribution in [1.29, 1.82) is 0 Å². The number of benzene rings is 1. The lowest BCUT2D eigenvalue weighted by Gasteiger charge is -2.25. The summed E-state index contributed by atoms with van der Waals surface area (Å²) < 4.78 is 54.8. The van der Waals surface area contributed by atoms with Crippen molar-refractivity contribution in [1.82, 2.24) is 10.0 Å². The minimum absolute atomic E-state index is 0.261. The summed E-state index contributed by atoms with van der Waals surface area (Å²) in [6, 6.07) is 2.18. The lowest BCUT2D eigenvalue weighted by molar-refractivity contribution is 0.422. The van der Waals surface area contributed by atoms with Crippen LogP contribution >= 0.6 is 0 Å². The Morgan fingerprint density at radius 1 is 1.24 bits per heavy atom. The van der Waals surface area contributed by atoms with Crippen molar-refractivity contribution in [3.05, 3.63) is 29.3 Å². The summed E-state index contributed by atoms with van der Waals surface area (Å²) in [5.74, 6) is -2.48. The van der Waals surface area contributed by atoms with Gasteiger partial charge in [0.15, 0.2) is 11.6 Å². The molecule has 1 aliphatic carbocycles. The monoisotopic (exact) mass is 318 g/mol. The molecule has 21 heavy (non-hydrogen) atoms. The van der Waals surface area contributed by atoms with E-state index in [1.54, 1.807) is 14.0 Å². The Labute approximate surface area is 124 Å². The normalized spacial score (nSPS) is 18.1. The highest BCUT2D eigenvalue weighted by Crippen LogP contribution is 2.31. The van der Waals surface area contributed by atoms with Gasteiger partial charge < -0.3 is 5.32 Å². The van der Waals surface area contributed by atoms with Crippen LogP contribution in [0.1, 0.15) is 38.2 Å². The Kier molecular flexibility index (Phi) is 4.65. The van der Waals surface area contributed by atoms with Crippen LogP contribution < -0.4 is 10.0 Å². The third-order valence-corrected chi connectivity index (χ3v) is 5.45. The third kappa shape index (κ3) is 3.59. The fourth-order valence-electron chi connectivity index (χ4n) is 2.76. The molecule has 1 saturated carbocycles. The molecule has 0 aromatic heterocycles. The molecule has 0 unspecified atom stereocenters. The molecule has 2 N–H and O–H groups in total. The van der Waals surface area contributed by atoms with Crippen molar-refractivity contribution in [2.75, 3.05) is 7.05 Å². The van der Waals surface area contributed by atoms with Gasteiger partial charge in [0.1, 0.15) is 4.90 Å². The molecule has 118 valence electrons. The molecular formula is C14H20F2N2O2S. The molecular weight excluding hydrogens is 298 g/mol. The van der Waals surface area contributed by atoms with Crippen LogP contribution in [0.2, 0.25) is 0 Å². The van der Waals surface area contributed by atoms with E-state index in [0.717, 1.165) is 18.9 Å². The fraction of sp³-hybridized carbons (Fsp3) is 0.571. The van der Waals surface area contributed by atoms with E-state index in [0.29, 0.717) is 18.4 Å². The summed E-state index contributed by atoms with van der Waals surface area (Å²) in [4.78, 5) is -0.624. The van der Waals surface area contributed by atoms with Crippen molar-refractivity contribution < 1.29 is 17.2 Å². The Morgan fingerprint density at radius 3 is 2.43 bits per heavy atom. The van der Waals surface area contributed by atoms with Crippen molar-refractivity contribution in [2.45, 2.75) is 49.6 Å². The van der Waals surface area contributed by atoms with Gasteiger partial charge in [0, 0.05) is 12.1 Å². The van der Waals surface area contributed by atoms with Crippen LogP contribution in [0.5, 0.6) is 0 Å². The molecule has 0 bridgehead atoms. The first kappa shape index (κ1) is 16.3. The van der Waals surface area contributed by atoms with E-state index < -0.39 is 32.1 Å². The van der Waals surface area contributed by atoms with Crippen LogP contribution in [0.25, 0.3) is 0 Å². The van der Waals surface area contributed by atoms with Gasteiger partial charge in [0.05, 0.1) is 0 Å². The molecule has 0 saturated heterocycles. The first-order chi connectivity index (χ1) is 9.77. The molecule has 1 aliphatic rings. The van der Waals surface area contributed by atoms with Crippen molar-refractivity contribution >= 4 is 10.0 Å². The maximum Gasteiger partial charge on any atom is 0.244 e. The third-order valence-electron chi connectivity index (χ3n) is 3.81. The van der Waals surface area contributed by atoms with Gasteiger partial charge in [-0.15, -0.1) is 0 Å². The van der Waals surface area contributed by atoms with Gasteiger partial charge in [-0.2, -0.15) is 0 Å². The molecule has 4 nitrogen and oxygen atoms in total. The molecule has 1 aromatic carbocycles. The summed E-state index contributed by atoms with van der Waals surface area (Å²) in [6.45, 7) is 2.06. The molecule has 0 atom stereocenters. The number of rotatable bonds is 5. The Morgan fingerprint density at radius 2 is 1.86 bits per heavy atom. The van der Waals surface area contributed by atoms with Crippen molar-refractivity contribution in [3.8, 4) is 0 Å². The molecule has 2 rings (SSSR count). The van der Waals surface area contributed by atoms with Gasteiger partial charge in [-0.1, -0.05) is 12.8 Å². The number of hydrogen-bond acceptors (Lipinski definition) is 3. The van der Waals surface area contributed by atoms with Crippen molar-refractivity contribution in [3.63, 3.8) is 0 Å². The molecule has 0 amide bonds. The topological polar surface area (TPSA) is 58.2 Å². The highest BCUT2D eigenvalue weighted by Gasteiger charge is 2.35. The van der Waals surface area contributed by atoms with Crippen LogP contribution in [0.4, 0.5) is 8.78 Å². The molecule has 0 radical (unpaired) electrons. The van der Waals surface area contributed by atoms with Gasteiger partial charge in [0.25, 0.3) is 0 Å². The fourth-order valence-corrected chi connectivity index (χ4v) is 4.36. The number of nitrogens with one attached hydrogen (secondary N) is 2. The molecule has 7 heteroatoms. The van der Waals surface area contributed by atoms with Crippen molar-refractivity contribution in [2.24, 2.45) is 0 Å². The first-order valence-electron chi connectivity index (χ1n) is 6.94. The quantitative estimate of drug-likeness (QED) is 0.876. The molecule has 0 aliphatic heterocycles. The average Bonchev–Trinajstić information content (AvgIpc) is 2.79. The highest BCUT2D eigenvalue weighted by atomic mass is 32.2. The Hall–Kier alpha value is -1.05. The van der Waals surface area contributed by atoms with E-state index in [1.165, 1.54) is 6.07 Å². The Balaban J connectivity index is 2.39. The lowest BCUT2D eigenvalue weighted by Crippen LogP contribution is -2.43. The molecule has 1 fully saturated rings. The zero-order chi connectivity index (χ0) is 15.7. The number of halogens is 2. The maximum absolute atomic E-state index is 13.9. The van der Waals surface area contributed by atoms with Gasteiger partial charge in [-0.25, -0.2) is 21.9 Å². The smallest absolute Gasteiger partial charge is 0.244 e. The van der Waals surface area contributed by atoms with Crippen LogP contribution in [0.3, 0.4) is 0 Å². The first-order valence-corrected chi connectivity index (χ1v) is 8.42. The average molecular weight is 318 g/mol. The number of hydrogen-bond donors (Lipinski definition) is 2. The van der Waals surface area contributed by atoms with E-state index in [-0.39, 0.29) is 6.54 Å². The minimum Gasteiger partial charge on any atom is -0.316 e. The second kappa shape index (κ2) is 5.98. The summed E-state index contributed by atoms with van der Waals surface area (Å²) in [7, 11) is -2.44. The summed E-state index contributed by atoms with van der Waals surface area (Å²) in [5.41, 5.74) is -0.200. The highest BCUT2D eigenvalue weighted by molar-refractivity contribution is 7.89. The molecule has 0 heterocycles. The summed E-state index contributed by atoms with van der Waals surface area (Å²) >= 11 is 0. The van der Waals surface area contributed by atoms with E-state index >= 15 is 0 Å². The van der Waals surface area contributed by atoms with Gasteiger partial charge >= 0.3 is 0 Å². The predicted molar refractivity (Wildman–Crippen MR) is 76.3 cm³/mol. The van der Waals surface area contributed by atoms with Crippen LogP contribution in [-0.4, -0.2) is 21.0 Å². The van der Waals surface area contributed by atoms with Gasteiger partial charge in [0.2, 0.25) is 10.0 Å². The molecule has 0 spiro atoms. The predicted octanol–water partition coefficient (Wildman–Crippen LogP) is 2.30. The zero-order valence-electron chi connectivity index (χ0n) is 12.2. The van der Waals surface area contributed by atoms with E-state index in [9.17, 15) is 17.2 Å². The zero-order valence-corrected chi connectivity index (χ0v) is 13.0. The molecule has 1 aromatic rings. The SMILES string of the molecule is CNCc1cc(F)c(F)c(S(=O)(=O)NC2(C)CCCC2)c1. The second-order valence-corrected chi connectivity index (χ2v) is 7.44. The van der Waals surface area contributed by atoms with E-state index in [4.69, 9.17) is 0 Å². The maximum atomic E-state index is 13.9. The second-order valence-electron chi connectivity index (χ2n) is 5.79. The van der Waals surface area contributed by atoms with E-state index in [1.807, 2.05) is 0 Å². The van der Waals surface area contributed by atoms with E-state index in [2.05, 4.69) is 10.0 Å². The Bertz CT molecular complexity index is 626. The number of sulfonamides is 1. The summed E-state index contributed by atoms with van der Waals surface area (Å²) in [5, 5.41) is 2.79. The lowest BCUT2D eigenvalue weighted by atomic mass is 10.0. The van der Waals surface area contributed by atoms with Crippen LogP contribution in [0, 0.1) is 11.6 Å². The van der Waals surface area contributed by atoms with Gasteiger partial charge in [-0.3, -0.25) is 0 Å². The standard InChI is InChI=1S/C14H20F2N2O2S/c1-14(5-3-4-6-14)18-21(19,20)12-8-10(9-17-2)7-11(15)13(12)16/h7-8,17-18H,3-6,9H2,1-2H3. The largest absolute Gasteiger partial charge is 0.316 e. The minimum atomic E-state index is -4.09. The van der Waals surface area contributed by atoms with Gasteiger partial charge in [-0.05, 0) is 44.5 Å². The van der Waals surface area contributed by atoms with Crippen LogP contribution in [0.15, 0.2) is 17.0 Å².